The maximum Gasteiger partial charge on any atom is 0.120 e. The van der Waals surface area contributed by atoms with Crippen molar-refractivity contribution in [1.82, 2.24) is 5.32 Å². The van der Waals surface area contributed by atoms with Gasteiger partial charge >= 0.3 is 0 Å². The van der Waals surface area contributed by atoms with Gasteiger partial charge in [-0.2, -0.15) is 0 Å². The molecule has 0 fully saturated rings. The van der Waals surface area contributed by atoms with Gasteiger partial charge in [0.15, 0.2) is 0 Å². The van der Waals surface area contributed by atoms with Gasteiger partial charge in [-0.05, 0) is 43.3 Å². The zero-order chi connectivity index (χ0) is 14.5. The second kappa shape index (κ2) is 6.91. The summed E-state index contributed by atoms with van der Waals surface area (Å²) in [6, 6.07) is 10.7. The van der Waals surface area contributed by atoms with Crippen LogP contribution in [0.3, 0.4) is 0 Å². The summed E-state index contributed by atoms with van der Waals surface area (Å²) in [5.41, 5.74) is 2.05. The van der Waals surface area contributed by atoms with Crippen molar-refractivity contribution in [3.05, 3.63) is 51.7 Å². The van der Waals surface area contributed by atoms with E-state index in [2.05, 4.69) is 36.7 Å². The molecule has 2 nitrogen and oxygen atoms in total. The van der Waals surface area contributed by atoms with E-state index in [1.807, 2.05) is 25.1 Å². The van der Waals surface area contributed by atoms with Gasteiger partial charge in [-0.1, -0.05) is 31.5 Å². The molecule has 0 aliphatic heterocycles. The maximum absolute atomic E-state index is 10.1. The molecule has 0 saturated carbocycles. The highest BCUT2D eigenvalue weighted by Crippen LogP contribution is 2.30. The fourth-order valence-electron chi connectivity index (χ4n) is 2.50. The summed E-state index contributed by atoms with van der Waals surface area (Å²) in [5, 5.41) is 15.9. The van der Waals surface area contributed by atoms with Gasteiger partial charge in [-0.25, -0.2) is 0 Å². The minimum Gasteiger partial charge on any atom is -0.508 e. The number of rotatable bonds is 6. The van der Waals surface area contributed by atoms with Crippen LogP contribution in [0.2, 0.25) is 0 Å². The summed E-state index contributed by atoms with van der Waals surface area (Å²) in [6.07, 6.45) is 2.25. The molecule has 2 unspecified atom stereocenters. The maximum atomic E-state index is 10.1. The minimum atomic E-state index is 0.134. The summed E-state index contributed by atoms with van der Waals surface area (Å²) in [7, 11) is 0. The number of benzene rings is 1. The van der Waals surface area contributed by atoms with Crippen LogP contribution in [-0.4, -0.2) is 5.11 Å². The lowest BCUT2D eigenvalue weighted by molar-refractivity contribution is 0.418. The Morgan fingerprint density at radius 1 is 1.30 bits per heavy atom. The average molecular weight is 289 g/mol. The van der Waals surface area contributed by atoms with Crippen LogP contribution in [0.1, 0.15) is 54.8 Å². The molecule has 0 spiro atoms. The molecule has 0 aliphatic carbocycles. The fraction of sp³-hybridized carbons (Fsp3) is 0.412. The van der Waals surface area contributed by atoms with Gasteiger partial charge in [0.1, 0.15) is 5.75 Å². The Balaban J connectivity index is 2.13. The number of phenolic OH excluding ortho intramolecular Hbond substituents is 1. The Kier molecular flexibility index (Phi) is 5.21. The molecule has 2 N–H and O–H groups in total. The summed E-state index contributed by atoms with van der Waals surface area (Å²) < 4.78 is 0. The SMILES string of the molecule is CCCC(NC(C)c1ccc(C)cc1O)c1cccs1. The second-order valence-electron chi connectivity index (χ2n) is 5.31. The number of aryl methyl sites for hydroxylation is 1. The smallest absolute Gasteiger partial charge is 0.120 e. The van der Waals surface area contributed by atoms with Gasteiger partial charge in [-0.3, -0.25) is 0 Å². The van der Waals surface area contributed by atoms with Crippen molar-refractivity contribution < 1.29 is 5.11 Å². The van der Waals surface area contributed by atoms with E-state index in [0.29, 0.717) is 11.8 Å². The molecule has 1 heterocycles. The van der Waals surface area contributed by atoms with Gasteiger partial charge in [0.2, 0.25) is 0 Å². The molecule has 0 radical (unpaired) electrons. The molecular formula is C17H23NOS. The third-order valence-corrected chi connectivity index (χ3v) is 4.55. The van der Waals surface area contributed by atoms with Gasteiger partial charge in [0.05, 0.1) is 0 Å². The van der Waals surface area contributed by atoms with Crippen LogP contribution < -0.4 is 5.32 Å². The van der Waals surface area contributed by atoms with Crippen molar-refractivity contribution in [2.45, 2.75) is 45.7 Å². The van der Waals surface area contributed by atoms with E-state index in [4.69, 9.17) is 0 Å². The van der Waals surface area contributed by atoms with E-state index in [9.17, 15) is 5.11 Å². The molecule has 0 saturated heterocycles. The van der Waals surface area contributed by atoms with Gasteiger partial charge < -0.3 is 10.4 Å². The van der Waals surface area contributed by atoms with E-state index < -0.39 is 0 Å². The van der Waals surface area contributed by atoms with E-state index in [-0.39, 0.29) is 6.04 Å². The lowest BCUT2D eigenvalue weighted by Gasteiger charge is -2.23. The van der Waals surface area contributed by atoms with Crippen LogP contribution in [0.15, 0.2) is 35.7 Å². The van der Waals surface area contributed by atoms with Crippen molar-refractivity contribution in [2.24, 2.45) is 0 Å². The van der Waals surface area contributed by atoms with E-state index in [1.54, 1.807) is 11.3 Å². The molecule has 20 heavy (non-hydrogen) atoms. The predicted octanol–water partition coefficient (Wildman–Crippen LogP) is 4.95. The second-order valence-corrected chi connectivity index (χ2v) is 6.29. The molecule has 2 rings (SSSR count). The monoisotopic (exact) mass is 289 g/mol. The third-order valence-electron chi connectivity index (χ3n) is 3.57. The number of hydrogen-bond donors (Lipinski definition) is 2. The molecule has 0 bridgehead atoms. The van der Waals surface area contributed by atoms with Crippen LogP contribution in [0.4, 0.5) is 0 Å². The highest BCUT2D eigenvalue weighted by molar-refractivity contribution is 7.10. The number of hydrogen-bond acceptors (Lipinski definition) is 3. The Morgan fingerprint density at radius 3 is 2.70 bits per heavy atom. The molecule has 3 heteroatoms. The van der Waals surface area contributed by atoms with Crippen LogP contribution in [0.25, 0.3) is 0 Å². The van der Waals surface area contributed by atoms with E-state index in [1.165, 1.54) is 4.88 Å². The Bertz CT molecular complexity index is 536. The van der Waals surface area contributed by atoms with Crippen LogP contribution >= 0.6 is 11.3 Å². The van der Waals surface area contributed by atoms with Gasteiger partial charge in [0, 0.05) is 22.5 Å². The van der Waals surface area contributed by atoms with E-state index >= 15 is 0 Å². The Morgan fingerprint density at radius 2 is 2.10 bits per heavy atom. The van der Waals surface area contributed by atoms with Crippen LogP contribution in [0.5, 0.6) is 5.75 Å². The highest BCUT2D eigenvalue weighted by atomic mass is 32.1. The largest absolute Gasteiger partial charge is 0.508 e. The lowest BCUT2D eigenvalue weighted by Crippen LogP contribution is -2.24. The molecule has 2 aromatic rings. The van der Waals surface area contributed by atoms with Crippen molar-refractivity contribution in [3.63, 3.8) is 0 Å². The lowest BCUT2D eigenvalue weighted by atomic mass is 10.0. The highest BCUT2D eigenvalue weighted by Gasteiger charge is 2.17. The van der Waals surface area contributed by atoms with Gasteiger partial charge in [-0.15, -0.1) is 11.3 Å². The molecule has 2 atom stereocenters. The molecule has 1 aromatic carbocycles. The first kappa shape index (κ1) is 15.1. The predicted molar refractivity (Wildman–Crippen MR) is 86.4 cm³/mol. The quantitative estimate of drug-likeness (QED) is 0.788. The molecule has 108 valence electrons. The number of phenols is 1. The van der Waals surface area contributed by atoms with Crippen molar-refractivity contribution in [2.75, 3.05) is 0 Å². The number of aromatic hydroxyl groups is 1. The van der Waals surface area contributed by atoms with Crippen molar-refractivity contribution >= 4 is 11.3 Å². The first-order valence-electron chi connectivity index (χ1n) is 7.20. The van der Waals surface area contributed by atoms with Crippen molar-refractivity contribution in [3.8, 4) is 5.75 Å². The summed E-state index contributed by atoms with van der Waals surface area (Å²) in [4.78, 5) is 1.37. The average Bonchev–Trinajstić information content (AvgIpc) is 2.91. The molecule has 1 aromatic heterocycles. The minimum absolute atomic E-state index is 0.134. The van der Waals surface area contributed by atoms with Gasteiger partial charge in [0.25, 0.3) is 0 Å². The fourth-order valence-corrected chi connectivity index (χ4v) is 3.32. The first-order valence-corrected chi connectivity index (χ1v) is 8.08. The molecule has 0 amide bonds. The zero-order valence-corrected chi connectivity index (χ0v) is 13.2. The number of nitrogens with one attached hydrogen (secondary N) is 1. The first-order chi connectivity index (χ1) is 9.61. The Labute approximate surface area is 125 Å². The summed E-state index contributed by atoms with van der Waals surface area (Å²) in [5.74, 6) is 0.381. The summed E-state index contributed by atoms with van der Waals surface area (Å²) >= 11 is 1.79. The van der Waals surface area contributed by atoms with Crippen molar-refractivity contribution in [1.29, 1.82) is 0 Å². The topological polar surface area (TPSA) is 32.3 Å². The molecule has 0 aliphatic rings. The standard InChI is InChI=1S/C17H23NOS/c1-4-6-15(17-7-5-10-20-17)18-13(3)14-9-8-12(2)11-16(14)19/h5,7-11,13,15,18-19H,4,6H2,1-3H3. The third kappa shape index (κ3) is 3.62. The molecular weight excluding hydrogens is 266 g/mol. The zero-order valence-electron chi connectivity index (χ0n) is 12.4. The Hall–Kier alpha value is -1.32. The summed E-state index contributed by atoms with van der Waals surface area (Å²) in [6.45, 7) is 6.31. The normalized spacial score (nSPS) is 14.2. The van der Waals surface area contributed by atoms with E-state index in [0.717, 1.165) is 24.0 Å². The van der Waals surface area contributed by atoms with Crippen LogP contribution in [-0.2, 0) is 0 Å². The number of thiophene rings is 1. The van der Waals surface area contributed by atoms with Crippen LogP contribution in [0, 0.1) is 6.92 Å².